The minimum atomic E-state index is -4.63. The topological polar surface area (TPSA) is 111 Å². The van der Waals surface area contributed by atoms with Crippen LogP contribution in [-0.2, 0) is 32.7 Å². The Morgan fingerprint density at radius 3 is 1.08 bits per heavy atom. The van der Waals surface area contributed by atoms with Crippen LogP contribution in [0.25, 0.3) is 0 Å². The van der Waals surface area contributed by atoms with Gasteiger partial charge in [-0.15, -0.1) is 0 Å². The summed E-state index contributed by atoms with van der Waals surface area (Å²) >= 11 is 0. The zero-order valence-corrected chi connectivity index (χ0v) is 52.1. The fourth-order valence-electron chi connectivity index (χ4n) is 9.85. The van der Waals surface area contributed by atoms with Crippen LogP contribution < -0.4 is 4.89 Å². The lowest BCUT2D eigenvalue weighted by molar-refractivity contribution is -0.870. The van der Waals surface area contributed by atoms with Crippen molar-refractivity contribution in [2.24, 2.45) is 0 Å². The Morgan fingerprint density at radius 1 is 0.408 bits per heavy atom. The maximum atomic E-state index is 12.7. The number of phosphoric acid groups is 1. The van der Waals surface area contributed by atoms with E-state index in [2.05, 4.69) is 38.2 Å². The number of hydrogen-bond donors (Lipinski definition) is 0. The van der Waals surface area contributed by atoms with Crippen molar-refractivity contribution >= 4 is 19.8 Å². The number of rotatable bonds is 62. The fraction of sp³-hybridized carbons (Fsp3) is 0.909. The maximum Gasteiger partial charge on any atom is 0.306 e. The number of quaternary nitrogens is 1. The second-order valence-corrected chi connectivity index (χ2v) is 25.3. The monoisotopic (exact) mass is 1090 g/mol. The molecule has 0 aliphatic carbocycles. The van der Waals surface area contributed by atoms with Crippen LogP contribution in [0.4, 0.5) is 0 Å². The number of ether oxygens (including phenoxy) is 2. The summed E-state index contributed by atoms with van der Waals surface area (Å²) in [6.07, 6.45) is 71.4. The number of esters is 2. The standard InChI is InChI=1S/C66H128NO8P/c1-6-8-10-12-14-16-18-20-22-23-24-25-26-27-28-29-30-31-32-33-34-35-36-37-38-39-40-41-42-43-44-45-47-48-50-52-54-56-58-65(68)72-62-64(63-74-76(70,71)73-61-60-67(3,4)5)75-66(69)59-57-55-53-51-49-46-21-19-17-15-13-11-9-7-2/h13,15,19,21,64H,6-12,14,16-18,20,22-63H2,1-5H3/b15-13-,21-19-. The Bertz CT molecular complexity index is 1330. The van der Waals surface area contributed by atoms with E-state index in [0.717, 1.165) is 64.2 Å². The van der Waals surface area contributed by atoms with E-state index in [-0.39, 0.29) is 32.0 Å². The number of phosphoric ester groups is 1. The minimum Gasteiger partial charge on any atom is -0.756 e. The van der Waals surface area contributed by atoms with E-state index in [1.165, 1.54) is 238 Å². The van der Waals surface area contributed by atoms with Crippen molar-refractivity contribution in [1.29, 1.82) is 0 Å². The van der Waals surface area contributed by atoms with Gasteiger partial charge < -0.3 is 27.9 Å². The van der Waals surface area contributed by atoms with Gasteiger partial charge in [-0.1, -0.05) is 308 Å². The third-order valence-corrected chi connectivity index (χ3v) is 15.9. The van der Waals surface area contributed by atoms with Crippen LogP contribution in [-0.4, -0.2) is 70.0 Å². The van der Waals surface area contributed by atoms with Crippen molar-refractivity contribution in [2.45, 2.75) is 341 Å². The van der Waals surface area contributed by atoms with Gasteiger partial charge in [-0.2, -0.15) is 0 Å². The second kappa shape index (κ2) is 58.2. The highest BCUT2D eigenvalue weighted by Crippen LogP contribution is 2.38. The summed E-state index contributed by atoms with van der Waals surface area (Å²) in [6.45, 7) is 4.23. The van der Waals surface area contributed by atoms with E-state index >= 15 is 0 Å². The average molecular weight is 1090 g/mol. The molecule has 0 amide bonds. The Labute approximate surface area is 472 Å². The van der Waals surface area contributed by atoms with Crippen LogP contribution in [0.2, 0.25) is 0 Å². The van der Waals surface area contributed by atoms with Crippen LogP contribution in [0.5, 0.6) is 0 Å². The lowest BCUT2D eigenvalue weighted by Gasteiger charge is -2.28. The van der Waals surface area contributed by atoms with Crippen molar-refractivity contribution in [3.63, 3.8) is 0 Å². The third-order valence-electron chi connectivity index (χ3n) is 15.0. The predicted octanol–water partition coefficient (Wildman–Crippen LogP) is 20.3. The normalized spacial score (nSPS) is 13.3. The molecular formula is C66H128NO8P. The van der Waals surface area contributed by atoms with Crippen molar-refractivity contribution in [3.8, 4) is 0 Å². The number of hydrogen-bond acceptors (Lipinski definition) is 8. The lowest BCUT2D eigenvalue weighted by Crippen LogP contribution is -2.37. The molecule has 0 aliphatic heterocycles. The van der Waals surface area contributed by atoms with E-state index in [1.54, 1.807) is 0 Å². The van der Waals surface area contributed by atoms with E-state index in [1.807, 2.05) is 21.1 Å². The number of unbranched alkanes of at least 4 members (excludes halogenated alkanes) is 44. The van der Waals surface area contributed by atoms with Gasteiger partial charge in [0.05, 0.1) is 27.7 Å². The van der Waals surface area contributed by atoms with Crippen LogP contribution in [0.1, 0.15) is 335 Å². The molecule has 0 N–H and O–H groups in total. The lowest BCUT2D eigenvalue weighted by atomic mass is 10.0. The van der Waals surface area contributed by atoms with E-state index < -0.39 is 26.5 Å². The van der Waals surface area contributed by atoms with Gasteiger partial charge in [0, 0.05) is 12.8 Å². The summed E-state index contributed by atoms with van der Waals surface area (Å²) in [4.78, 5) is 37.8. The van der Waals surface area contributed by atoms with E-state index in [9.17, 15) is 19.0 Å². The number of likely N-dealkylation sites (N-methyl/N-ethyl adjacent to an activating group) is 1. The fourth-order valence-corrected chi connectivity index (χ4v) is 10.6. The summed E-state index contributed by atoms with van der Waals surface area (Å²) in [5, 5.41) is 0. The molecule has 0 aromatic carbocycles. The van der Waals surface area contributed by atoms with Crippen molar-refractivity contribution in [2.75, 3.05) is 47.5 Å². The minimum absolute atomic E-state index is 0.0315. The SMILES string of the molecule is CCCC/C=C\C/C=C\CCCCCCCC(=O)OC(COC(=O)CCCCCCCCCCCCCCCCCCCCCCCCCCCCCCCCCCCCCCCC)COP(=O)([O-])OCC[N+](C)(C)C. The molecule has 10 heteroatoms. The first kappa shape index (κ1) is 74.5. The van der Waals surface area contributed by atoms with Gasteiger partial charge in [0.25, 0.3) is 7.82 Å². The van der Waals surface area contributed by atoms with Gasteiger partial charge in [0.1, 0.15) is 19.8 Å². The molecule has 0 aliphatic rings. The molecule has 0 aromatic rings. The Balaban J connectivity index is 3.84. The molecule has 0 fully saturated rings. The average Bonchev–Trinajstić information content (AvgIpc) is 3.38. The smallest absolute Gasteiger partial charge is 0.306 e. The van der Waals surface area contributed by atoms with Crippen LogP contribution in [0.15, 0.2) is 24.3 Å². The highest BCUT2D eigenvalue weighted by Gasteiger charge is 2.22. The summed E-state index contributed by atoms with van der Waals surface area (Å²) in [7, 11) is 1.17. The first-order chi connectivity index (χ1) is 37.0. The highest BCUT2D eigenvalue weighted by molar-refractivity contribution is 7.45. The molecule has 76 heavy (non-hydrogen) atoms. The summed E-state index contributed by atoms with van der Waals surface area (Å²) in [5.74, 6) is -0.835. The van der Waals surface area contributed by atoms with Gasteiger partial charge in [-0.25, -0.2) is 0 Å². The van der Waals surface area contributed by atoms with Gasteiger partial charge in [-0.3, -0.25) is 14.2 Å². The van der Waals surface area contributed by atoms with Gasteiger partial charge in [-0.05, 0) is 38.5 Å². The van der Waals surface area contributed by atoms with Crippen molar-refractivity contribution in [1.82, 2.24) is 0 Å². The Kier molecular flexibility index (Phi) is 57.0. The van der Waals surface area contributed by atoms with Crippen LogP contribution >= 0.6 is 7.82 Å². The van der Waals surface area contributed by atoms with Gasteiger partial charge in [0.15, 0.2) is 6.10 Å². The highest BCUT2D eigenvalue weighted by atomic mass is 31.2. The molecule has 0 radical (unpaired) electrons. The number of allylic oxidation sites excluding steroid dienone is 4. The maximum absolute atomic E-state index is 12.7. The van der Waals surface area contributed by atoms with Crippen LogP contribution in [0, 0.1) is 0 Å². The summed E-state index contributed by atoms with van der Waals surface area (Å²) in [6, 6.07) is 0. The van der Waals surface area contributed by atoms with E-state index in [0.29, 0.717) is 17.4 Å². The van der Waals surface area contributed by atoms with Gasteiger partial charge >= 0.3 is 11.9 Å². The number of carbonyl (C=O) groups excluding carboxylic acids is 2. The molecule has 9 nitrogen and oxygen atoms in total. The Morgan fingerprint density at radius 2 is 0.724 bits per heavy atom. The Hall–Kier alpha value is -1.51. The molecule has 0 spiro atoms. The molecule has 0 bridgehead atoms. The number of nitrogens with zero attached hydrogens (tertiary/aromatic N) is 1. The predicted molar refractivity (Wildman–Crippen MR) is 324 cm³/mol. The van der Waals surface area contributed by atoms with Gasteiger partial charge in [0.2, 0.25) is 0 Å². The van der Waals surface area contributed by atoms with Crippen LogP contribution in [0.3, 0.4) is 0 Å². The first-order valence-electron chi connectivity index (χ1n) is 33.0. The molecule has 0 heterocycles. The van der Waals surface area contributed by atoms with Crippen molar-refractivity contribution in [3.05, 3.63) is 24.3 Å². The quantitative estimate of drug-likeness (QED) is 0.0195. The molecule has 450 valence electrons. The third kappa shape index (κ3) is 61.7. The molecular weight excluding hydrogens is 966 g/mol. The molecule has 0 aromatic heterocycles. The van der Waals surface area contributed by atoms with Crippen molar-refractivity contribution < 1.29 is 42.1 Å². The summed E-state index contributed by atoms with van der Waals surface area (Å²) in [5.41, 5.74) is 0. The molecule has 0 rings (SSSR count). The number of carbonyl (C=O) groups is 2. The largest absolute Gasteiger partial charge is 0.756 e. The van der Waals surface area contributed by atoms with E-state index in [4.69, 9.17) is 18.5 Å². The molecule has 2 atom stereocenters. The first-order valence-corrected chi connectivity index (χ1v) is 34.5. The molecule has 0 saturated carbocycles. The zero-order valence-electron chi connectivity index (χ0n) is 51.2. The summed E-state index contributed by atoms with van der Waals surface area (Å²) < 4.78 is 34.1. The zero-order chi connectivity index (χ0) is 55.6. The second-order valence-electron chi connectivity index (χ2n) is 23.8. The molecule has 2 unspecified atom stereocenters. The molecule has 0 saturated heterocycles.